The van der Waals surface area contributed by atoms with Crippen molar-refractivity contribution in [3.63, 3.8) is 0 Å². The Labute approximate surface area is 517 Å². The van der Waals surface area contributed by atoms with E-state index < -0.39 is 26.5 Å². The molecule has 0 aromatic rings. The molecule has 9 nitrogen and oxygen atoms in total. The Bertz CT molecular complexity index is 1880. The van der Waals surface area contributed by atoms with Gasteiger partial charge in [0.1, 0.15) is 19.8 Å². The third-order valence-electron chi connectivity index (χ3n) is 14.2. The number of allylic oxidation sites excluding steroid dienone is 22. The molecule has 0 saturated heterocycles. The minimum Gasteiger partial charge on any atom is -0.462 e. The lowest BCUT2D eigenvalue weighted by atomic mass is 10.0. The van der Waals surface area contributed by atoms with E-state index in [0.717, 1.165) is 122 Å². The van der Waals surface area contributed by atoms with E-state index in [2.05, 4.69) is 148 Å². The zero-order valence-electron chi connectivity index (χ0n) is 54.6. The predicted molar refractivity (Wildman–Crippen MR) is 362 cm³/mol. The quantitative estimate of drug-likeness (QED) is 0.0211. The summed E-state index contributed by atoms with van der Waals surface area (Å²) in [6, 6.07) is 0. The molecule has 0 aromatic heterocycles. The first-order chi connectivity index (χ1) is 41.0. The highest BCUT2D eigenvalue weighted by molar-refractivity contribution is 7.47. The zero-order valence-corrected chi connectivity index (χ0v) is 55.5. The highest BCUT2D eigenvalue weighted by atomic mass is 31.2. The fraction of sp³-hybridized carbons (Fsp3) is 0.676. The van der Waals surface area contributed by atoms with Gasteiger partial charge in [0.15, 0.2) is 6.10 Å². The molecule has 0 fully saturated rings. The molecule has 1 N–H and O–H groups in total. The third kappa shape index (κ3) is 67.3. The average Bonchev–Trinajstić information content (AvgIpc) is 3.61. The lowest BCUT2D eigenvalue weighted by Gasteiger charge is -2.24. The van der Waals surface area contributed by atoms with Gasteiger partial charge in [-0.15, -0.1) is 0 Å². The van der Waals surface area contributed by atoms with Gasteiger partial charge in [-0.05, 0) is 109 Å². The Morgan fingerprint density at radius 1 is 0.369 bits per heavy atom. The van der Waals surface area contributed by atoms with Gasteiger partial charge in [0.25, 0.3) is 0 Å². The number of carbonyl (C=O) groups excluding carboxylic acids is 2. The van der Waals surface area contributed by atoms with Crippen molar-refractivity contribution in [1.82, 2.24) is 0 Å². The van der Waals surface area contributed by atoms with E-state index in [9.17, 15) is 19.0 Å². The summed E-state index contributed by atoms with van der Waals surface area (Å²) in [4.78, 5) is 35.8. The van der Waals surface area contributed by atoms with Gasteiger partial charge in [0.05, 0.1) is 27.7 Å². The monoisotopic (exact) mass is 1190 g/mol. The number of hydrogen-bond acceptors (Lipinski definition) is 7. The molecule has 0 saturated carbocycles. The van der Waals surface area contributed by atoms with Gasteiger partial charge in [0, 0.05) is 12.8 Å². The molecule has 480 valence electrons. The van der Waals surface area contributed by atoms with E-state index in [4.69, 9.17) is 18.5 Å². The second kappa shape index (κ2) is 63.6. The first-order valence-corrected chi connectivity index (χ1v) is 35.4. The SMILES string of the molecule is CC/C=C\C/C=C\C/C=C\C/C=C\C/C=C\C/C=C\CCCCCCCCCCCCCCCCCCCCCCC(=O)OC(COC(=O)CCCCCCC/C=C\C/C=C\C/C=C\C/C=C\C/C=C\CC)COP(=O)(O)OCC[N+](C)(C)C. The minimum absolute atomic E-state index is 0.0235. The Morgan fingerprint density at radius 3 is 0.952 bits per heavy atom. The van der Waals surface area contributed by atoms with Crippen LogP contribution in [-0.4, -0.2) is 74.9 Å². The molecule has 0 amide bonds. The number of nitrogens with zero attached hydrogens (tertiary/aromatic N) is 1. The molecule has 0 bridgehead atoms. The molecule has 0 spiro atoms. The summed E-state index contributed by atoms with van der Waals surface area (Å²) < 4.78 is 34.6. The number of phosphoric ester groups is 1. The lowest BCUT2D eigenvalue weighted by Crippen LogP contribution is -2.37. The second-order valence-electron chi connectivity index (χ2n) is 23.4. The van der Waals surface area contributed by atoms with Crippen LogP contribution >= 0.6 is 7.82 Å². The molecule has 2 atom stereocenters. The van der Waals surface area contributed by atoms with Crippen molar-refractivity contribution in [2.24, 2.45) is 0 Å². The molecule has 0 aliphatic rings. The van der Waals surface area contributed by atoms with E-state index in [0.29, 0.717) is 23.9 Å². The van der Waals surface area contributed by atoms with Crippen molar-refractivity contribution >= 4 is 19.8 Å². The first-order valence-electron chi connectivity index (χ1n) is 33.9. The molecular formula is C74H127NO8P+. The number of hydrogen-bond donors (Lipinski definition) is 1. The Morgan fingerprint density at radius 2 is 0.643 bits per heavy atom. The van der Waals surface area contributed by atoms with Crippen LogP contribution in [0.25, 0.3) is 0 Å². The van der Waals surface area contributed by atoms with Crippen molar-refractivity contribution in [1.29, 1.82) is 0 Å². The molecule has 10 heteroatoms. The number of rotatable bonds is 61. The Balaban J connectivity index is 4.03. The third-order valence-corrected chi connectivity index (χ3v) is 15.2. The van der Waals surface area contributed by atoms with Crippen LogP contribution in [0.15, 0.2) is 134 Å². The Kier molecular flexibility index (Phi) is 60.7. The molecule has 0 aromatic carbocycles. The highest BCUT2D eigenvalue weighted by Crippen LogP contribution is 2.43. The maximum atomic E-state index is 12.9. The number of phosphoric acid groups is 1. The fourth-order valence-corrected chi connectivity index (χ4v) is 9.79. The molecule has 0 radical (unpaired) electrons. The number of esters is 2. The summed E-state index contributed by atoms with van der Waals surface area (Å²) in [7, 11) is 1.46. The van der Waals surface area contributed by atoms with Crippen LogP contribution < -0.4 is 0 Å². The molecule has 84 heavy (non-hydrogen) atoms. The van der Waals surface area contributed by atoms with Gasteiger partial charge in [0.2, 0.25) is 0 Å². The van der Waals surface area contributed by atoms with E-state index in [-0.39, 0.29) is 32.0 Å². The van der Waals surface area contributed by atoms with Crippen molar-refractivity contribution in [3.05, 3.63) is 134 Å². The maximum Gasteiger partial charge on any atom is 0.472 e. The average molecular weight is 1190 g/mol. The highest BCUT2D eigenvalue weighted by Gasteiger charge is 2.27. The van der Waals surface area contributed by atoms with E-state index in [1.165, 1.54) is 109 Å². The maximum absolute atomic E-state index is 12.9. The molecule has 2 unspecified atom stereocenters. The number of quaternary nitrogens is 1. The molecule has 0 rings (SSSR count). The topological polar surface area (TPSA) is 108 Å². The van der Waals surface area contributed by atoms with Gasteiger partial charge in [-0.1, -0.05) is 282 Å². The molecule has 0 aliphatic carbocycles. The van der Waals surface area contributed by atoms with Crippen molar-refractivity contribution in [2.75, 3.05) is 47.5 Å². The summed E-state index contributed by atoms with van der Waals surface area (Å²) in [6.07, 6.45) is 92.7. The summed E-state index contributed by atoms with van der Waals surface area (Å²) in [6.45, 7) is 4.19. The minimum atomic E-state index is -4.40. The van der Waals surface area contributed by atoms with Crippen LogP contribution in [0.1, 0.15) is 271 Å². The molecular weight excluding hydrogens is 1060 g/mol. The molecule has 0 aliphatic heterocycles. The van der Waals surface area contributed by atoms with Crippen LogP contribution in [0.2, 0.25) is 0 Å². The summed E-state index contributed by atoms with van der Waals surface area (Å²) in [5, 5.41) is 0. The largest absolute Gasteiger partial charge is 0.472 e. The van der Waals surface area contributed by atoms with Gasteiger partial charge < -0.3 is 18.9 Å². The second-order valence-corrected chi connectivity index (χ2v) is 24.9. The van der Waals surface area contributed by atoms with E-state index in [1.54, 1.807) is 0 Å². The van der Waals surface area contributed by atoms with Crippen LogP contribution in [0.4, 0.5) is 0 Å². The number of carbonyl (C=O) groups is 2. The Hall–Kier alpha value is -3.85. The summed E-state index contributed by atoms with van der Waals surface area (Å²) >= 11 is 0. The fourth-order valence-electron chi connectivity index (χ4n) is 9.05. The van der Waals surface area contributed by atoms with Crippen LogP contribution in [0, 0.1) is 0 Å². The number of ether oxygens (including phenoxy) is 2. The lowest BCUT2D eigenvalue weighted by molar-refractivity contribution is -0.870. The normalized spacial score (nSPS) is 14.0. The van der Waals surface area contributed by atoms with Gasteiger partial charge in [-0.2, -0.15) is 0 Å². The predicted octanol–water partition coefficient (Wildman–Crippen LogP) is 22.0. The van der Waals surface area contributed by atoms with Crippen LogP contribution in [-0.2, 0) is 32.7 Å². The summed E-state index contributed by atoms with van der Waals surface area (Å²) in [5.74, 6) is -0.819. The van der Waals surface area contributed by atoms with Gasteiger partial charge in [-0.3, -0.25) is 18.6 Å². The zero-order chi connectivity index (χ0) is 61.2. The van der Waals surface area contributed by atoms with Gasteiger partial charge >= 0.3 is 19.8 Å². The van der Waals surface area contributed by atoms with Crippen molar-refractivity contribution in [3.8, 4) is 0 Å². The first kappa shape index (κ1) is 80.2. The van der Waals surface area contributed by atoms with Gasteiger partial charge in [-0.25, -0.2) is 4.57 Å². The van der Waals surface area contributed by atoms with E-state index in [1.807, 2.05) is 21.1 Å². The molecule has 0 heterocycles. The van der Waals surface area contributed by atoms with Crippen molar-refractivity contribution in [2.45, 2.75) is 277 Å². The van der Waals surface area contributed by atoms with E-state index >= 15 is 0 Å². The number of unbranched alkanes of at least 4 members (excludes halogenated alkanes) is 25. The number of likely N-dealkylation sites (N-methyl/N-ethyl adjacent to an activating group) is 1. The standard InChI is InChI=1S/C74H126NO8P/c1-6-8-10-12-14-16-18-20-22-24-26-28-29-30-31-32-33-34-35-36-37-38-39-40-41-42-43-44-45-47-49-51-53-55-57-59-61-63-65-67-74(77)83-72(71-82-84(78,79)81-69-68-75(3,4)5)70-80-73(76)66-64-62-60-58-56-54-52-50-48-46-27-25-23-21-19-17-15-13-11-9-7-2/h8-11,14-17,20-23,26-28,30-31,33-34,46,50,52,72H,6-7,12-13,18-19,24-25,29,32,35-45,47-49,51,53-71H2,1-5H3/p+1/b10-8-,11-9-,16-14-,17-15-,22-20-,23-21-,28-26-,31-30-,34-33-,46-27-,52-50-. The van der Waals surface area contributed by atoms with Crippen molar-refractivity contribution < 1.29 is 42.1 Å². The van der Waals surface area contributed by atoms with Crippen LogP contribution in [0.3, 0.4) is 0 Å². The van der Waals surface area contributed by atoms with Crippen LogP contribution in [0.5, 0.6) is 0 Å². The summed E-state index contributed by atoms with van der Waals surface area (Å²) in [5.41, 5.74) is 0. The smallest absolute Gasteiger partial charge is 0.462 e.